The maximum atomic E-state index is 12.9. The number of benzene rings is 1. The Kier molecular flexibility index (Phi) is 4.75. The number of hydrogen-bond acceptors (Lipinski definition) is 5. The standard InChI is InChI=1S/C14H22N2O4S/c1-4-19-13-6-5-12(15)7-14(13)21(17,18)16-8-10(2)20-11(3)9-16/h5-7,10-11H,4,8-9,15H2,1-3H3. The molecule has 0 aliphatic carbocycles. The number of rotatable bonds is 4. The molecule has 0 amide bonds. The Labute approximate surface area is 125 Å². The van der Waals surface area contributed by atoms with Gasteiger partial charge in [0.05, 0.1) is 18.8 Å². The van der Waals surface area contributed by atoms with E-state index in [9.17, 15) is 8.42 Å². The Bertz CT molecular complexity index is 593. The highest BCUT2D eigenvalue weighted by Crippen LogP contribution is 2.30. The van der Waals surface area contributed by atoms with Gasteiger partial charge in [-0.25, -0.2) is 8.42 Å². The minimum atomic E-state index is -3.65. The van der Waals surface area contributed by atoms with Gasteiger partial charge in [-0.1, -0.05) is 0 Å². The van der Waals surface area contributed by atoms with E-state index in [2.05, 4.69) is 0 Å². The van der Waals surface area contributed by atoms with E-state index in [-0.39, 0.29) is 17.1 Å². The molecule has 0 bridgehead atoms. The Hall–Kier alpha value is -1.31. The van der Waals surface area contributed by atoms with Crippen LogP contribution < -0.4 is 10.5 Å². The summed E-state index contributed by atoms with van der Waals surface area (Å²) in [5.74, 6) is 0.332. The van der Waals surface area contributed by atoms with E-state index in [1.165, 1.54) is 10.4 Å². The maximum absolute atomic E-state index is 12.9. The van der Waals surface area contributed by atoms with Crippen LogP contribution in [0.2, 0.25) is 0 Å². The molecule has 1 aliphatic heterocycles. The molecule has 2 atom stereocenters. The van der Waals surface area contributed by atoms with Gasteiger partial charge >= 0.3 is 0 Å². The van der Waals surface area contributed by atoms with Crippen LogP contribution in [0.15, 0.2) is 23.1 Å². The van der Waals surface area contributed by atoms with Gasteiger partial charge in [-0.15, -0.1) is 0 Å². The average Bonchev–Trinajstić information content (AvgIpc) is 2.40. The first-order chi connectivity index (χ1) is 9.84. The molecule has 0 saturated carbocycles. The molecule has 1 saturated heterocycles. The van der Waals surface area contributed by atoms with E-state index < -0.39 is 10.0 Å². The van der Waals surface area contributed by atoms with Gasteiger partial charge in [0.1, 0.15) is 10.6 Å². The number of nitrogens with zero attached hydrogens (tertiary/aromatic N) is 1. The van der Waals surface area contributed by atoms with Crippen molar-refractivity contribution in [2.24, 2.45) is 0 Å². The van der Waals surface area contributed by atoms with Crippen molar-refractivity contribution in [2.45, 2.75) is 37.9 Å². The lowest BCUT2D eigenvalue weighted by Crippen LogP contribution is -2.48. The molecule has 2 unspecified atom stereocenters. The molecule has 0 radical (unpaired) electrons. The average molecular weight is 314 g/mol. The summed E-state index contributed by atoms with van der Waals surface area (Å²) >= 11 is 0. The van der Waals surface area contributed by atoms with E-state index in [4.69, 9.17) is 15.2 Å². The van der Waals surface area contributed by atoms with Gasteiger partial charge < -0.3 is 15.2 Å². The van der Waals surface area contributed by atoms with Crippen molar-refractivity contribution in [1.82, 2.24) is 4.31 Å². The Morgan fingerprint density at radius 1 is 1.33 bits per heavy atom. The Morgan fingerprint density at radius 2 is 1.95 bits per heavy atom. The van der Waals surface area contributed by atoms with E-state index in [0.717, 1.165) is 0 Å². The quantitative estimate of drug-likeness (QED) is 0.851. The van der Waals surface area contributed by atoms with Crippen LogP contribution in [0.3, 0.4) is 0 Å². The number of hydrogen-bond donors (Lipinski definition) is 1. The van der Waals surface area contributed by atoms with E-state index in [0.29, 0.717) is 31.1 Å². The van der Waals surface area contributed by atoms with Crippen LogP contribution in [0.4, 0.5) is 5.69 Å². The SMILES string of the molecule is CCOc1ccc(N)cc1S(=O)(=O)N1CC(C)OC(C)C1. The van der Waals surface area contributed by atoms with Crippen molar-refractivity contribution in [3.05, 3.63) is 18.2 Å². The molecule has 0 aromatic heterocycles. The summed E-state index contributed by atoms with van der Waals surface area (Å²) in [6.45, 7) is 6.58. The highest BCUT2D eigenvalue weighted by Gasteiger charge is 2.34. The van der Waals surface area contributed by atoms with Gasteiger partial charge in [-0.3, -0.25) is 0 Å². The number of anilines is 1. The number of nitrogens with two attached hydrogens (primary N) is 1. The normalized spacial score (nSPS) is 24.0. The molecule has 0 spiro atoms. The summed E-state index contributed by atoms with van der Waals surface area (Å²) in [5, 5.41) is 0. The predicted octanol–water partition coefficient (Wildman–Crippen LogP) is 1.47. The number of ether oxygens (including phenoxy) is 2. The molecule has 118 valence electrons. The van der Waals surface area contributed by atoms with E-state index in [1.807, 2.05) is 20.8 Å². The molecule has 1 fully saturated rings. The third kappa shape index (κ3) is 3.48. The molecule has 6 nitrogen and oxygen atoms in total. The number of sulfonamides is 1. The van der Waals surface area contributed by atoms with Gasteiger partial charge in [0.25, 0.3) is 0 Å². The van der Waals surface area contributed by atoms with Crippen molar-refractivity contribution in [2.75, 3.05) is 25.4 Å². The first-order valence-corrected chi connectivity index (χ1v) is 8.46. The smallest absolute Gasteiger partial charge is 0.247 e. The molecule has 2 rings (SSSR count). The molecule has 1 aromatic rings. The van der Waals surface area contributed by atoms with Gasteiger partial charge in [-0.2, -0.15) is 4.31 Å². The van der Waals surface area contributed by atoms with Crippen LogP contribution in [-0.2, 0) is 14.8 Å². The lowest BCUT2D eigenvalue weighted by molar-refractivity contribution is -0.0441. The second-order valence-corrected chi connectivity index (χ2v) is 7.12. The molecule has 7 heteroatoms. The van der Waals surface area contributed by atoms with Crippen molar-refractivity contribution in [1.29, 1.82) is 0 Å². The largest absolute Gasteiger partial charge is 0.492 e. The first-order valence-electron chi connectivity index (χ1n) is 7.02. The van der Waals surface area contributed by atoms with Crippen LogP contribution in [-0.4, -0.2) is 44.6 Å². The zero-order valence-electron chi connectivity index (χ0n) is 12.6. The summed E-state index contributed by atoms with van der Waals surface area (Å²) in [7, 11) is -3.65. The third-order valence-electron chi connectivity index (χ3n) is 3.27. The van der Waals surface area contributed by atoms with Crippen molar-refractivity contribution >= 4 is 15.7 Å². The zero-order valence-corrected chi connectivity index (χ0v) is 13.4. The molecular weight excluding hydrogens is 292 g/mol. The van der Waals surface area contributed by atoms with Crippen LogP contribution in [0.5, 0.6) is 5.75 Å². The van der Waals surface area contributed by atoms with Gasteiger partial charge in [-0.05, 0) is 39.0 Å². The fourth-order valence-electron chi connectivity index (χ4n) is 2.47. The van der Waals surface area contributed by atoms with Gasteiger partial charge in [0, 0.05) is 18.8 Å². The molecule has 1 aliphatic rings. The summed E-state index contributed by atoms with van der Waals surface area (Å²) in [5.41, 5.74) is 6.14. The summed E-state index contributed by atoms with van der Waals surface area (Å²) in [6, 6.07) is 4.68. The molecular formula is C14H22N2O4S. The molecule has 1 aromatic carbocycles. The number of morpholine rings is 1. The van der Waals surface area contributed by atoms with Gasteiger partial charge in [0.15, 0.2) is 0 Å². The third-order valence-corrected chi connectivity index (χ3v) is 5.12. The van der Waals surface area contributed by atoms with E-state index >= 15 is 0 Å². The topological polar surface area (TPSA) is 81.9 Å². The monoisotopic (exact) mass is 314 g/mol. The second kappa shape index (κ2) is 6.21. The fraction of sp³-hybridized carbons (Fsp3) is 0.571. The first kappa shape index (κ1) is 16.1. The molecule has 2 N–H and O–H groups in total. The maximum Gasteiger partial charge on any atom is 0.247 e. The Morgan fingerprint density at radius 3 is 2.52 bits per heavy atom. The van der Waals surface area contributed by atoms with Crippen LogP contribution in [0.1, 0.15) is 20.8 Å². The zero-order chi connectivity index (χ0) is 15.6. The minimum absolute atomic E-state index is 0.116. The predicted molar refractivity (Wildman–Crippen MR) is 80.8 cm³/mol. The minimum Gasteiger partial charge on any atom is -0.492 e. The summed E-state index contributed by atoms with van der Waals surface area (Å²) in [4.78, 5) is 0.116. The fourth-order valence-corrected chi connectivity index (χ4v) is 4.22. The van der Waals surface area contributed by atoms with Gasteiger partial charge in [0.2, 0.25) is 10.0 Å². The van der Waals surface area contributed by atoms with Crippen molar-refractivity contribution in [3.8, 4) is 5.75 Å². The van der Waals surface area contributed by atoms with E-state index in [1.54, 1.807) is 12.1 Å². The molecule has 21 heavy (non-hydrogen) atoms. The molecule has 1 heterocycles. The summed E-state index contributed by atoms with van der Waals surface area (Å²) < 4.78 is 38.2. The lowest BCUT2D eigenvalue weighted by atomic mass is 10.3. The lowest BCUT2D eigenvalue weighted by Gasteiger charge is -2.34. The second-order valence-electron chi connectivity index (χ2n) is 5.22. The van der Waals surface area contributed by atoms with Crippen molar-refractivity contribution in [3.63, 3.8) is 0 Å². The van der Waals surface area contributed by atoms with Crippen LogP contribution in [0.25, 0.3) is 0 Å². The van der Waals surface area contributed by atoms with Crippen LogP contribution in [0, 0.1) is 0 Å². The highest BCUT2D eigenvalue weighted by molar-refractivity contribution is 7.89. The number of nitrogen functional groups attached to an aromatic ring is 1. The highest BCUT2D eigenvalue weighted by atomic mass is 32.2. The van der Waals surface area contributed by atoms with Crippen molar-refractivity contribution < 1.29 is 17.9 Å². The summed E-state index contributed by atoms with van der Waals surface area (Å²) in [6.07, 6.45) is -0.278. The van der Waals surface area contributed by atoms with Crippen LogP contribution >= 0.6 is 0 Å². The Balaban J connectivity index is 2.41.